The molecule has 0 amide bonds. The topological polar surface area (TPSA) is 71.5 Å². The number of aromatic nitrogens is 2. The number of methoxy groups -OCH3 is 1. The molecule has 10 heteroatoms. The standard InChI is InChI=1S/C24H28F3N5O2/c1-32(2)12-6-11-28-23-30-21(18-8-5-10-20(14-18)34-24(25,26)27)15-22(31-23)29-16-17-7-4-9-19(13-17)33-3/h4-5,7-10,13-15H,6,11-12,16H2,1-3H3,(H2,28,29,30,31). The maximum Gasteiger partial charge on any atom is 0.573 e. The number of alkyl halides is 3. The van der Waals surface area contributed by atoms with Gasteiger partial charge in [-0.2, -0.15) is 4.98 Å². The Kier molecular flexibility index (Phi) is 8.53. The zero-order valence-corrected chi connectivity index (χ0v) is 19.3. The van der Waals surface area contributed by atoms with Crippen molar-refractivity contribution in [1.29, 1.82) is 0 Å². The fourth-order valence-electron chi connectivity index (χ4n) is 3.19. The number of rotatable bonds is 11. The zero-order valence-electron chi connectivity index (χ0n) is 19.3. The largest absolute Gasteiger partial charge is 0.573 e. The van der Waals surface area contributed by atoms with Gasteiger partial charge in [0.15, 0.2) is 0 Å². The van der Waals surface area contributed by atoms with Crippen LogP contribution in [0.3, 0.4) is 0 Å². The molecule has 34 heavy (non-hydrogen) atoms. The summed E-state index contributed by atoms with van der Waals surface area (Å²) < 4.78 is 47.3. The molecule has 1 aromatic heterocycles. The van der Waals surface area contributed by atoms with E-state index in [0.29, 0.717) is 36.1 Å². The molecule has 1 heterocycles. The Balaban J connectivity index is 1.84. The molecule has 3 aromatic rings. The van der Waals surface area contributed by atoms with E-state index < -0.39 is 6.36 Å². The Bertz CT molecular complexity index is 1080. The van der Waals surface area contributed by atoms with Gasteiger partial charge in [0.1, 0.15) is 17.3 Å². The number of halogens is 3. The van der Waals surface area contributed by atoms with E-state index in [1.54, 1.807) is 19.2 Å². The van der Waals surface area contributed by atoms with Crippen LogP contribution in [0.5, 0.6) is 11.5 Å². The maximum atomic E-state index is 12.7. The monoisotopic (exact) mass is 475 g/mol. The van der Waals surface area contributed by atoms with Crippen molar-refractivity contribution >= 4 is 11.8 Å². The number of benzene rings is 2. The highest BCUT2D eigenvalue weighted by atomic mass is 19.4. The predicted molar refractivity (Wildman–Crippen MR) is 126 cm³/mol. The number of nitrogens with zero attached hydrogens (tertiary/aromatic N) is 3. The van der Waals surface area contributed by atoms with Crippen molar-refractivity contribution in [2.45, 2.75) is 19.3 Å². The molecule has 0 unspecified atom stereocenters. The molecule has 0 radical (unpaired) electrons. The van der Waals surface area contributed by atoms with Gasteiger partial charge in [-0.05, 0) is 56.9 Å². The second-order valence-electron chi connectivity index (χ2n) is 7.83. The lowest BCUT2D eigenvalue weighted by Gasteiger charge is -2.14. The molecule has 0 saturated heterocycles. The van der Waals surface area contributed by atoms with Crippen LogP contribution in [0.25, 0.3) is 11.3 Å². The molecule has 0 aliphatic carbocycles. The molecule has 0 bridgehead atoms. The first-order chi connectivity index (χ1) is 16.2. The maximum absolute atomic E-state index is 12.7. The molecule has 3 rings (SSSR count). The van der Waals surface area contributed by atoms with Gasteiger partial charge in [-0.3, -0.25) is 0 Å². The van der Waals surface area contributed by atoms with Gasteiger partial charge in [-0.1, -0.05) is 24.3 Å². The van der Waals surface area contributed by atoms with Gasteiger partial charge in [0, 0.05) is 24.7 Å². The quantitative estimate of drug-likeness (QED) is 0.377. The van der Waals surface area contributed by atoms with E-state index in [0.717, 1.165) is 24.3 Å². The Morgan fingerprint density at radius 3 is 2.44 bits per heavy atom. The molecule has 182 valence electrons. The highest BCUT2D eigenvalue weighted by Crippen LogP contribution is 2.29. The normalized spacial score (nSPS) is 11.4. The highest BCUT2D eigenvalue weighted by Gasteiger charge is 2.31. The first kappa shape index (κ1) is 25.1. The second kappa shape index (κ2) is 11.6. The molecule has 7 nitrogen and oxygen atoms in total. The first-order valence-corrected chi connectivity index (χ1v) is 10.7. The Morgan fingerprint density at radius 1 is 0.941 bits per heavy atom. The summed E-state index contributed by atoms with van der Waals surface area (Å²) in [6.45, 7) is 2.02. The zero-order chi connectivity index (χ0) is 24.6. The van der Waals surface area contributed by atoms with Crippen LogP contribution in [0, 0.1) is 0 Å². The molecule has 0 fully saturated rings. The molecule has 0 aliphatic rings. The molecular formula is C24H28F3N5O2. The number of ether oxygens (including phenoxy) is 2. The van der Waals surface area contributed by atoms with Gasteiger partial charge in [0.2, 0.25) is 5.95 Å². The third-order valence-corrected chi connectivity index (χ3v) is 4.76. The van der Waals surface area contributed by atoms with Gasteiger partial charge in [-0.15, -0.1) is 13.2 Å². The van der Waals surface area contributed by atoms with Crippen LogP contribution in [-0.4, -0.2) is 55.5 Å². The third kappa shape index (κ3) is 8.11. The van der Waals surface area contributed by atoms with Gasteiger partial charge >= 0.3 is 6.36 Å². The third-order valence-electron chi connectivity index (χ3n) is 4.76. The van der Waals surface area contributed by atoms with Gasteiger partial charge < -0.3 is 25.0 Å². The molecule has 0 saturated carbocycles. The first-order valence-electron chi connectivity index (χ1n) is 10.7. The average Bonchev–Trinajstić information content (AvgIpc) is 2.79. The summed E-state index contributed by atoms with van der Waals surface area (Å²) in [5.74, 6) is 1.35. The van der Waals surface area contributed by atoms with Crippen molar-refractivity contribution in [3.05, 3.63) is 60.2 Å². The lowest BCUT2D eigenvalue weighted by molar-refractivity contribution is -0.274. The van der Waals surface area contributed by atoms with Crippen molar-refractivity contribution in [1.82, 2.24) is 14.9 Å². The van der Waals surface area contributed by atoms with Crippen LogP contribution < -0.4 is 20.1 Å². The summed E-state index contributed by atoms with van der Waals surface area (Å²) in [5.41, 5.74) is 1.93. The minimum atomic E-state index is -4.77. The predicted octanol–water partition coefficient (Wildman–Crippen LogP) is 5.03. The summed E-state index contributed by atoms with van der Waals surface area (Å²) in [5, 5.41) is 6.46. The van der Waals surface area contributed by atoms with E-state index in [-0.39, 0.29) is 5.75 Å². The van der Waals surface area contributed by atoms with E-state index in [1.165, 1.54) is 18.2 Å². The molecular weight excluding hydrogens is 447 g/mol. The van der Waals surface area contributed by atoms with Crippen LogP contribution in [0.2, 0.25) is 0 Å². The van der Waals surface area contributed by atoms with Crippen molar-refractivity contribution in [2.75, 3.05) is 44.9 Å². The van der Waals surface area contributed by atoms with Crippen molar-refractivity contribution < 1.29 is 22.6 Å². The SMILES string of the molecule is COc1cccc(CNc2cc(-c3cccc(OC(F)(F)F)c3)nc(NCCCN(C)C)n2)c1. The minimum Gasteiger partial charge on any atom is -0.497 e. The number of anilines is 2. The lowest BCUT2D eigenvalue weighted by atomic mass is 10.1. The van der Waals surface area contributed by atoms with E-state index in [4.69, 9.17) is 4.74 Å². The molecule has 0 spiro atoms. The summed E-state index contributed by atoms with van der Waals surface area (Å²) in [6, 6.07) is 15.0. The van der Waals surface area contributed by atoms with Crippen LogP contribution in [-0.2, 0) is 6.54 Å². The summed E-state index contributed by atoms with van der Waals surface area (Å²) >= 11 is 0. The number of hydrogen-bond donors (Lipinski definition) is 2. The van der Waals surface area contributed by atoms with E-state index in [1.807, 2.05) is 38.4 Å². The van der Waals surface area contributed by atoms with Crippen LogP contribution in [0.15, 0.2) is 54.6 Å². The fourth-order valence-corrected chi connectivity index (χ4v) is 3.19. The van der Waals surface area contributed by atoms with E-state index >= 15 is 0 Å². The molecule has 0 atom stereocenters. The van der Waals surface area contributed by atoms with Gasteiger partial charge in [0.25, 0.3) is 0 Å². The minimum absolute atomic E-state index is 0.310. The van der Waals surface area contributed by atoms with Crippen LogP contribution in [0.4, 0.5) is 24.9 Å². The van der Waals surface area contributed by atoms with E-state index in [9.17, 15) is 13.2 Å². The Morgan fingerprint density at radius 2 is 1.71 bits per heavy atom. The van der Waals surface area contributed by atoms with Crippen LogP contribution in [0.1, 0.15) is 12.0 Å². The Labute approximate surface area is 196 Å². The second-order valence-corrected chi connectivity index (χ2v) is 7.83. The molecule has 0 aliphatic heterocycles. The van der Waals surface area contributed by atoms with Gasteiger partial charge in [-0.25, -0.2) is 4.98 Å². The average molecular weight is 476 g/mol. The van der Waals surface area contributed by atoms with Crippen LogP contribution >= 0.6 is 0 Å². The van der Waals surface area contributed by atoms with Crippen molar-refractivity contribution in [3.63, 3.8) is 0 Å². The molecule has 2 aromatic carbocycles. The van der Waals surface area contributed by atoms with Gasteiger partial charge in [0.05, 0.1) is 12.8 Å². The summed E-state index contributed by atoms with van der Waals surface area (Å²) in [7, 11) is 5.59. The van der Waals surface area contributed by atoms with Crippen molar-refractivity contribution in [3.8, 4) is 22.8 Å². The summed E-state index contributed by atoms with van der Waals surface area (Å²) in [6.07, 6.45) is -3.89. The van der Waals surface area contributed by atoms with Crippen molar-refractivity contribution in [2.24, 2.45) is 0 Å². The number of nitrogens with one attached hydrogen (secondary N) is 2. The van der Waals surface area contributed by atoms with E-state index in [2.05, 4.69) is 30.2 Å². The molecule has 2 N–H and O–H groups in total. The smallest absolute Gasteiger partial charge is 0.497 e. The Hall–Kier alpha value is -3.53. The fraction of sp³-hybridized carbons (Fsp3) is 0.333. The highest BCUT2D eigenvalue weighted by molar-refractivity contribution is 5.66. The summed E-state index contributed by atoms with van der Waals surface area (Å²) in [4.78, 5) is 11.1. The number of hydrogen-bond acceptors (Lipinski definition) is 7. The lowest BCUT2D eigenvalue weighted by Crippen LogP contribution is -2.17.